The molecule has 5 rings (SSSR count). The molecular formula is C32H26BrClN2O7S2. The zero-order valence-corrected chi connectivity index (χ0v) is 27.5. The maximum absolute atomic E-state index is 13.3. The van der Waals surface area contributed by atoms with Gasteiger partial charge in [0.1, 0.15) is 23.1 Å². The van der Waals surface area contributed by atoms with E-state index in [1.807, 2.05) is 18.2 Å². The van der Waals surface area contributed by atoms with E-state index in [4.69, 9.17) is 26.2 Å². The summed E-state index contributed by atoms with van der Waals surface area (Å²) in [4.78, 5) is 29.2. The number of carboxylic acid groups (broad SMARTS) is 1. The molecular weight excluding hydrogens is 704 g/mol. The molecule has 0 bridgehead atoms. The Balaban J connectivity index is 1.26. The molecule has 0 saturated carbocycles. The lowest BCUT2D eigenvalue weighted by Gasteiger charge is -2.14. The number of rotatable bonds is 13. The van der Waals surface area contributed by atoms with Crippen molar-refractivity contribution in [2.75, 3.05) is 17.7 Å². The Kier molecular flexibility index (Phi) is 10.4. The van der Waals surface area contributed by atoms with Crippen molar-refractivity contribution in [3.05, 3.63) is 111 Å². The summed E-state index contributed by atoms with van der Waals surface area (Å²) in [6, 6.07) is 23.4. The molecule has 2 N–H and O–H groups in total. The van der Waals surface area contributed by atoms with Crippen molar-refractivity contribution in [2.24, 2.45) is 0 Å². The number of thiazole rings is 1. The Bertz CT molecular complexity index is 1960. The number of fused-ring (bicyclic) bond motifs is 1. The van der Waals surface area contributed by atoms with Crippen LogP contribution in [0, 0.1) is 0 Å². The first-order valence-electron chi connectivity index (χ1n) is 13.6. The van der Waals surface area contributed by atoms with Crippen molar-refractivity contribution < 1.29 is 32.6 Å². The predicted octanol–water partition coefficient (Wildman–Crippen LogP) is 7.41. The van der Waals surface area contributed by atoms with Gasteiger partial charge in [0.15, 0.2) is 16.4 Å². The molecule has 13 heteroatoms. The lowest BCUT2D eigenvalue weighted by Crippen LogP contribution is -2.15. The first kappa shape index (κ1) is 32.4. The van der Waals surface area contributed by atoms with Gasteiger partial charge in [-0.15, -0.1) is 11.3 Å². The van der Waals surface area contributed by atoms with Crippen LogP contribution in [0.5, 0.6) is 11.5 Å². The number of nitrogens with one attached hydrogen (secondary N) is 1. The molecule has 45 heavy (non-hydrogen) atoms. The first-order chi connectivity index (χ1) is 21.6. The molecule has 0 spiro atoms. The van der Waals surface area contributed by atoms with Gasteiger partial charge in [-0.25, -0.2) is 18.2 Å². The molecule has 1 amide bonds. The van der Waals surface area contributed by atoms with Crippen LogP contribution in [-0.4, -0.2) is 42.7 Å². The first-order valence-corrected chi connectivity index (χ1v) is 17.2. The van der Waals surface area contributed by atoms with Gasteiger partial charge in [-0.2, -0.15) is 0 Å². The SMILES string of the molecule is O=C(O)COc1ccc(CCCS(=O)(=O)c2ccc(Cl)cc2)cc1NC(=O)c1cccc(OCc2nc3cc(Br)ccc3s2)c1. The molecule has 1 heterocycles. The molecule has 0 unspecified atom stereocenters. The van der Waals surface area contributed by atoms with Gasteiger partial charge in [-0.05, 0) is 91.2 Å². The minimum atomic E-state index is -3.51. The number of ether oxygens (including phenoxy) is 2. The summed E-state index contributed by atoms with van der Waals surface area (Å²) in [5.41, 5.74) is 2.17. The molecule has 0 fully saturated rings. The van der Waals surface area contributed by atoms with Gasteiger partial charge in [-0.1, -0.05) is 39.7 Å². The Morgan fingerprint density at radius 2 is 1.78 bits per heavy atom. The van der Waals surface area contributed by atoms with Crippen LogP contribution >= 0.6 is 38.9 Å². The van der Waals surface area contributed by atoms with Gasteiger partial charge >= 0.3 is 5.97 Å². The number of aromatic nitrogens is 1. The van der Waals surface area contributed by atoms with Crippen LogP contribution in [0.15, 0.2) is 94.3 Å². The molecule has 0 saturated heterocycles. The zero-order valence-electron chi connectivity index (χ0n) is 23.5. The van der Waals surface area contributed by atoms with Gasteiger partial charge in [-0.3, -0.25) is 4.79 Å². The van der Waals surface area contributed by atoms with Crippen molar-refractivity contribution in [1.29, 1.82) is 0 Å². The van der Waals surface area contributed by atoms with Crippen molar-refractivity contribution in [2.45, 2.75) is 24.3 Å². The van der Waals surface area contributed by atoms with Crippen molar-refractivity contribution in [3.8, 4) is 11.5 Å². The van der Waals surface area contributed by atoms with E-state index in [1.54, 1.807) is 42.5 Å². The lowest BCUT2D eigenvalue weighted by atomic mass is 10.1. The third-order valence-corrected chi connectivity index (χ3v) is 10.1. The van der Waals surface area contributed by atoms with Gasteiger partial charge in [0, 0.05) is 15.1 Å². The number of amides is 1. The second-order valence-corrected chi connectivity index (χ2v) is 14.5. The number of aryl methyl sites for hydroxylation is 1. The largest absolute Gasteiger partial charge is 0.486 e. The number of aliphatic carboxylic acids is 1. The molecule has 0 atom stereocenters. The van der Waals surface area contributed by atoms with Crippen molar-refractivity contribution in [1.82, 2.24) is 4.98 Å². The number of nitrogens with zero attached hydrogens (tertiary/aromatic N) is 1. The van der Waals surface area contributed by atoms with E-state index in [0.29, 0.717) is 29.2 Å². The highest BCUT2D eigenvalue weighted by atomic mass is 79.9. The number of carbonyl (C=O) groups is 2. The van der Waals surface area contributed by atoms with Crippen LogP contribution in [0.3, 0.4) is 0 Å². The van der Waals surface area contributed by atoms with Gasteiger partial charge in [0.2, 0.25) is 0 Å². The van der Waals surface area contributed by atoms with Crippen LogP contribution in [0.4, 0.5) is 5.69 Å². The van der Waals surface area contributed by atoms with Crippen molar-refractivity contribution in [3.63, 3.8) is 0 Å². The minimum Gasteiger partial charge on any atom is -0.486 e. The third-order valence-electron chi connectivity index (χ3n) is 6.55. The summed E-state index contributed by atoms with van der Waals surface area (Å²) in [6.45, 7) is -0.376. The number of halogens is 2. The predicted molar refractivity (Wildman–Crippen MR) is 177 cm³/mol. The average molecular weight is 730 g/mol. The van der Waals surface area contributed by atoms with E-state index in [9.17, 15) is 18.0 Å². The van der Waals surface area contributed by atoms with E-state index in [1.165, 1.54) is 35.6 Å². The van der Waals surface area contributed by atoms with Crippen LogP contribution in [0.1, 0.15) is 27.3 Å². The summed E-state index contributed by atoms with van der Waals surface area (Å²) < 4.78 is 38.8. The second-order valence-electron chi connectivity index (χ2n) is 9.88. The topological polar surface area (TPSA) is 132 Å². The van der Waals surface area contributed by atoms with Gasteiger partial charge in [0.25, 0.3) is 5.91 Å². The fourth-order valence-electron chi connectivity index (χ4n) is 4.40. The van der Waals surface area contributed by atoms with E-state index >= 15 is 0 Å². The zero-order chi connectivity index (χ0) is 32.0. The highest BCUT2D eigenvalue weighted by molar-refractivity contribution is 9.10. The molecule has 232 valence electrons. The van der Waals surface area contributed by atoms with Crippen LogP contribution in [-0.2, 0) is 27.7 Å². The molecule has 0 aliphatic carbocycles. The van der Waals surface area contributed by atoms with E-state index in [2.05, 4.69) is 26.2 Å². The summed E-state index contributed by atoms with van der Waals surface area (Å²) >= 11 is 10.8. The number of carboxylic acids is 1. The van der Waals surface area contributed by atoms with Crippen molar-refractivity contribution >= 4 is 76.5 Å². The summed E-state index contributed by atoms with van der Waals surface area (Å²) in [5, 5.41) is 13.1. The molecule has 1 aromatic heterocycles. The summed E-state index contributed by atoms with van der Waals surface area (Å²) in [6.07, 6.45) is 0.708. The Hall–Kier alpha value is -3.97. The Morgan fingerprint density at radius 3 is 2.56 bits per heavy atom. The van der Waals surface area contributed by atoms with E-state index < -0.39 is 28.3 Å². The smallest absolute Gasteiger partial charge is 0.341 e. The second kappa shape index (κ2) is 14.4. The molecule has 9 nitrogen and oxygen atoms in total. The number of carbonyl (C=O) groups excluding carboxylic acids is 1. The van der Waals surface area contributed by atoms with E-state index in [0.717, 1.165) is 25.3 Å². The highest BCUT2D eigenvalue weighted by Gasteiger charge is 2.16. The standard InChI is InChI=1S/C32H26BrClN2O7S2/c33-22-7-13-29-27(17-22)35-30(44-29)18-42-24-5-1-4-21(16-24)32(39)36-26-15-20(6-12-28(26)43-19-31(37)38)3-2-14-45(40,41)25-10-8-23(34)9-11-25/h1,4-13,15-17H,2-3,14,18-19H2,(H,36,39)(H,37,38). The van der Waals surface area contributed by atoms with Crippen LogP contribution in [0.2, 0.25) is 5.02 Å². The lowest BCUT2D eigenvalue weighted by molar-refractivity contribution is -0.139. The van der Waals surface area contributed by atoms with E-state index in [-0.39, 0.29) is 28.7 Å². The average Bonchev–Trinajstić information content (AvgIpc) is 3.42. The third kappa shape index (κ3) is 8.82. The fraction of sp³-hybridized carbons (Fsp3) is 0.156. The molecule has 5 aromatic rings. The van der Waals surface area contributed by atoms with Crippen LogP contribution in [0.25, 0.3) is 10.2 Å². The monoisotopic (exact) mass is 728 g/mol. The highest BCUT2D eigenvalue weighted by Crippen LogP contribution is 2.29. The number of benzene rings is 4. The Morgan fingerprint density at radius 1 is 0.978 bits per heavy atom. The molecule has 4 aromatic carbocycles. The molecule has 0 radical (unpaired) electrons. The van der Waals surface area contributed by atoms with Gasteiger partial charge in [0.05, 0.1) is 26.6 Å². The Labute approximate surface area is 276 Å². The number of hydrogen-bond acceptors (Lipinski definition) is 8. The van der Waals surface area contributed by atoms with Crippen LogP contribution < -0.4 is 14.8 Å². The summed E-state index contributed by atoms with van der Waals surface area (Å²) in [5.74, 6) is -1.09. The fourth-order valence-corrected chi connectivity index (χ4v) is 7.05. The molecule has 0 aliphatic heterocycles. The molecule has 0 aliphatic rings. The number of sulfone groups is 1. The maximum atomic E-state index is 13.3. The number of anilines is 1. The summed E-state index contributed by atoms with van der Waals surface area (Å²) in [7, 11) is -3.51. The number of hydrogen-bond donors (Lipinski definition) is 2. The maximum Gasteiger partial charge on any atom is 0.341 e. The normalized spacial score (nSPS) is 11.3. The van der Waals surface area contributed by atoms with Gasteiger partial charge < -0.3 is 19.9 Å². The minimum absolute atomic E-state index is 0.0883. The quantitative estimate of drug-likeness (QED) is 0.128.